The minimum Gasteiger partial charge on any atom is -0.340 e. The van der Waals surface area contributed by atoms with Crippen molar-refractivity contribution in [1.82, 2.24) is 14.6 Å². The van der Waals surface area contributed by atoms with E-state index in [0.717, 1.165) is 22.7 Å². The maximum Gasteiger partial charge on any atom is 0.159 e. The Bertz CT molecular complexity index is 705. The number of halogens is 1. The maximum absolute atomic E-state index is 5.99. The molecule has 3 aromatic rings. The lowest BCUT2D eigenvalue weighted by Crippen LogP contribution is -2.02. The molecule has 4 nitrogen and oxygen atoms in total. The third kappa shape index (κ3) is 1.91. The van der Waals surface area contributed by atoms with Gasteiger partial charge in [-0.25, -0.2) is 4.98 Å². The van der Waals surface area contributed by atoms with Crippen molar-refractivity contribution >= 4 is 28.8 Å². The van der Waals surface area contributed by atoms with Crippen LogP contribution in [-0.4, -0.2) is 14.6 Å². The van der Waals surface area contributed by atoms with Crippen molar-refractivity contribution in [2.75, 3.05) is 5.32 Å². The van der Waals surface area contributed by atoms with E-state index >= 15 is 0 Å². The van der Waals surface area contributed by atoms with Crippen LogP contribution in [0.5, 0.6) is 0 Å². The number of hydrogen-bond donors (Lipinski definition) is 1. The van der Waals surface area contributed by atoms with Gasteiger partial charge in [0.2, 0.25) is 0 Å². The molecule has 0 aliphatic heterocycles. The summed E-state index contributed by atoms with van der Waals surface area (Å²) in [6.45, 7) is 2.05. The molecule has 2 aromatic heterocycles. The number of nitrogens with zero attached hydrogens (tertiary/aromatic N) is 3. The third-order valence-electron chi connectivity index (χ3n) is 2.74. The largest absolute Gasteiger partial charge is 0.340 e. The average molecular weight is 259 g/mol. The van der Waals surface area contributed by atoms with Gasteiger partial charge in [0.15, 0.2) is 5.65 Å². The molecule has 1 N–H and O–H groups in total. The number of benzene rings is 1. The number of hydrogen-bond acceptors (Lipinski definition) is 3. The van der Waals surface area contributed by atoms with Gasteiger partial charge < -0.3 is 5.32 Å². The molecule has 1 aromatic carbocycles. The van der Waals surface area contributed by atoms with E-state index in [9.17, 15) is 0 Å². The van der Waals surface area contributed by atoms with Crippen molar-refractivity contribution in [3.8, 4) is 0 Å². The Kier molecular flexibility index (Phi) is 2.64. The third-order valence-corrected chi connectivity index (χ3v) is 2.93. The highest BCUT2D eigenvalue weighted by Gasteiger charge is 2.06. The minimum absolute atomic E-state index is 0.444. The Morgan fingerprint density at radius 3 is 2.89 bits per heavy atom. The number of para-hydroxylation sites is 1. The molecule has 0 bridgehead atoms. The summed E-state index contributed by atoms with van der Waals surface area (Å²) in [6.07, 6.45) is 1.70. The van der Waals surface area contributed by atoms with E-state index in [1.54, 1.807) is 16.8 Å². The van der Waals surface area contributed by atoms with Crippen LogP contribution in [0.25, 0.3) is 5.65 Å². The quantitative estimate of drug-likeness (QED) is 0.716. The highest BCUT2D eigenvalue weighted by Crippen LogP contribution is 2.22. The molecule has 0 amide bonds. The summed E-state index contributed by atoms with van der Waals surface area (Å²) in [4.78, 5) is 4.19. The maximum atomic E-state index is 5.99. The Labute approximate surface area is 109 Å². The number of rotatable bonds is 2. The minimum atomic E-state index is 0.444. The van der Waals surface area contributed by atoms with Gasteiger partial charge in [-0.15, -0.1) is 0 Å². The molecular formula is C13H11ClN4. The molecule has 0 aliphatic rings. The van der Waals surface area contributed by atoms with Crippen LogP contribution in [0.2, 0.25) is 5.15 Å². The van der Waals surface area contributed by atoms with E-state index in [-0.39, 0.29) is 0 Å². The fourth-order valence-electron chi connectivity index (χ4n) is 1.82. The van der Waals surface area contributed by atoms with E-state index in [0.29, 0.717) is 5.15 Å². The van der Waals surface area contributed by atoms with Gasteiger partial charge in [-0.1, -0.05) is 29.8 Å². The van der Waals surface area contributed by atoms with Crippen molar-refractivity contribution in [3.05, 3.63) is 53.3 Å². The van der Waals surface area contributed by atoms with E-state index in [4.69, 9.17) is 11.6 Å². The van der Waals surface area contributed by atoms with Crippen LogP contribution in [0.1, 0.15) is 5.56 Å². The fourth-order valence-corrected chi connectivity index (χ4v) is 2.01. The summed E-state index contributed by atoms with van der Waals surface area (Å²) in [6, 6.07) is 11.6. The lowest BCUT2D eigenvalue weighted by atomic mass is 10.2. The molecule has 0 spiro atoms. The Hall–Kier alpha value is -2.07. The molecule has 0 saturated heterocycles. The number of aromatic nitrogens is 3. The number of fused-ring (bicyclic) bond motifs is 1. The van der Waals surface area contributed by atoms with Gasteiger partial charge in [-0.2, -0.15) is 9.61 Å². The molecule has 0 fully saturated rings. The first-order valence-electron chi connectivity index (χ1n) is 5.57. The van der Waals surface area contributed by atoms with Gasteiger partial charge in [0.05, 0.1) is 6.20 Å². The predicted octanol–water partition coefficient (Wildman–Crippen LogP) is 3.43. The molecule has 3 rings (SSSR count). The molecule has 2 heterocycles. The molecule has 5 heteroatoms. The first-order chi connectivity index (χ1) is 8.74. The standard InChI is InChI=1S/C13H11ClN4/c1-9-4-2-3-5-10(9)16-13-8-11(14)17-12-6-7-15-18(12)13/h2-8,16H,1H3. The highest BCUT2D eigenvalue weighted by atomic mass is 35.5. The van der Waals surface area contributed by atoms with Crippen LogP contribution in [0, 0.1) is 6.92 Å². The summed E-state index contributed by atoms with van der Waals surface area (Å²) in [5, 5.41) is 7.98. The lowest BCUT2D eigenvalue weighted by Gasteiger charge is -2.10. The molecule has 0 unspecified atom stereocenters. The first-order valence-corrected chi connectivity index (χ1v) is 5.95. The number of aryl methyl sites for hydroxylation is 1. The molecule has 90 valence electrons. The predicted molar refractivity (Wildman–Crippen MR) is 72.5 cm³/mol. The van der Waals surface area contributed by atoms with Crippen molar-refractivity contribution in [2.45, 2.75) is 6.92 Å². The fraction of sp³-hybridized carbons (Fsp3) is 0.0769. The number of nitrogens with one attached hydrogen (secondary N) is 1. The van der Waals surface area contributed by atoms with Crippen molar-refractivity contribution in [1.29, 1.82) is 0 Å². The SMILES string of the molecule is Cc1ccccc1Nc1cc(Cl)nc2ccnn12. The zero-order valence-corrected chi connectivity index (χ0v) is 10.5. The van der Waals surface area contributed by atoms with Crippen LogP contribution in [-0.2, 0) is 0 Å². The second kappa shape index (κ2) is 4.31. The van der Waals surface area contributed by atoms with Gasteiger partial charge in [0.25, 0.3) is 0 Å². The van der Waals surface area contributed by atoms with E-state index in [1.807, 2.05) is 37.3 Å². The normalized spacial score (nSPS) is 10.8. The molecular weight excluding hydrogens is 248 g/mol. The topological polar surface area (TPSA) is 42.2 Å². The van der Waals surface area contributed by atoms with E-state index in [1.165, 1.54) is 0 Å². The number of anilines is 2. The van der Waals surface area contributed by atoms with Crippen LogP contribution < -0.4 is 5.32 Å². The van der Waals surface area contributed by atoms with Gasteiger partial charge in [-0.05, 0) is 18.6 Å². The zero-order chi connectivity index (χ0) is 12.5. The molecule has 18 heavy (non-hydrogen) atoms. The summed E-state index contributed by atoms with van der Waals surface area (Å²) in [7, 11) is 0. The molecule has 0 atom stereocenters. The first kappa shape index (κ1) is 11.0. The van der Waals surface area contributed by atoms with Crippen molar-refractivity contribution in [2.24, 2.45) is 0 Å². The lowest BCUT2D eigenvalue weighted by molar-refractivity contribution is 0.947. The molecule has 0 aliphatic carbocycles. The van der Waals surface area contributed by atoms with Gasteiger partial charge >= 0.3 is 0 Å². The van der Waals surface area contributed by atoms with E-state index < -0.39 is 0 Å². The van der Waals surface area contributed by atoms with E-state index in [2.05, 4.69) is 15.4 Å². The van der Waals surface area contributed by atoms with Crippen LogP contribution in [0.3, 0.4) is 0 Å². The monoisotopic (exact) mass is 258 g/mol. The second-order valence-corrected chi connectivity index (χ2v) is 4.39. The van der Waals surface area contributed by atoms with Gasteiger partial charge in [0, 0.05) is 17.8 Å². The Morgan fingerprint density at radius 2 is 2.06 bits per heavy atom. The Morgan fingerprint density at radius 1 is 1.22 bits per heavy atom. The summed E-state index contributed by atoms with van der Waals surface area (Å²) < 4.78 is 1.72. The average Bonchev–Trinajstić information content (AvgIpc) is 2.80. The second-order valence-electron chi connectivity index (χ2n) is 4.01. The smallest absolute Gasteiger partial charge is 0.159 e. The van der Waals surface area contributed by atoms with Crippen LogP contribution >= 0.6 is 11.6 Å². The van der Waals surface area contributed by atoms with Crippen LogP contribution in [0.15, 0.2) is 42.6 Å². The highest BCUT2D eigenvalue weighted by molar-refractivity contribution is 6.29. The summed E-state index contributed by atoms with van der Waals surface area (Å²) in [5.41, 5.74) is 2.90. The summed E-state index contributed by atoms with van der Waals surface area (Å²) >= 11 is 5.99. The Balaban J connectivity index is 2.10. The van der Waals surface area contributed by atoms with Crippen molar-refractivity contribution in [3.63, 3.8) is 0 Å². The van der Waals surface area contributed by atoms with Gasteiger partial charge in [0.1, 0.15) is 11.0 Å². The van der Waals surface area contributed by atoms with Crippen LogP contribution in [0.4, 0.5) is 11.5 Å². The van der Waals surface area contributed by atoms with Crippen molar-refractivity contribution < 1.29 is 0 Å². The molecule has 0 radical (unpaired) electrons. The van der Waals surface area contributed by atoms with Gasteiger partial charge in [-0.3, -0.25) is 0 Å². The summed E-state index contributed by atoms with van der Waals surface area (Å²) in [5.74, 6) is 0.796. The molecule has 0 saturated carbocycles. The zero-order valence-electron chi connectivity index (χ0n) is 9.76.